The molecule has 2 fully saturated rings. The molecule has 6 heteroatoms. The number of hydrogen-bond acceptors (Lipinski definition) is 6. The van der Waals surface area contributed by atoms with Gasteiger partial charge in [0.05, 0.1) is 16.8 Å². The summed E-state index contributed by atoms with van der Waals surface area (Å²) in [5.74, 6) is 4.54. The standard InChI is InChI=1S/C56H46N4S2/c1-35-29-37-31-36(2)56(43(30-35)32-37,55-58-53(38-13-5-3-6-14-38)57-54(59-55)39-15-7-4-8-16-39)42-23-25-44(26-24-42)60-47-18-10-12-20-51(47)62-52-34-41(21-27-48(52)60)40-22-28-50-46(33-40)45-17-9-11-19-49(45)61-50/h3-28,33-37,43H,29-32H2,1-2H3. The van der Waals surface area contributed by atoms with Crippen molar-refractivity contribution in [3.63, 3.8) is 0 Å². The summed E-state index contributed by atoms with van der Waals surface area (Å²) >= 11 is 3.74. The van der Waals surface area contributed by atoms with E-state index in [1.807, 2.05) is 23.1 Å². The highest BCUT2D eigenvalue weighted by Gasteiger charge is 2.55. The van der Waals surface area contributed by atoms with Crippen molar-refractivity contribution in [2.75, 3.05) is 4.90 Å². The molecule has 2 bridgehead atoms. The third-order valence-corrected chi connectivity index (χ3v) is 16.3. The van der Waals surface area contributed by atoms with Crippen LogP contribution in [0.15, 0.2) is 180 Å². The fourth-order valence-corrected chi connectivity index (χ4v) is 13.6. The van der Waals surface area contributed by atoms with Crippen LogP contribution in [0, 0.1) is 23.7 Å². The summed E-state index contributed by atoms with van der Waals surface area (Å²) in [7, 11) is 0. The lowest BCUT2D eigenvalue weighted by Crippen LogP contribution is -2.51. The minimum absolute atomic E-state index is 0.344. The average molecular weight is 839 g/mol. The molecule has 3 aliphatic rings. The van der Waals surface area contributed by atoms with Crippen LogP contribution in [-0.4, -0.2) is 15.0 Å². The van der Waals surface area contributed by atoms with Gasteiger partial charge in [-0.3, -0.25) is 0 Å². The molecule has 5 atom stereocenters. The average Bonchev–Trinajstić information content (AvgIpc) is 3.69. The Morgan fingerprint density at radius 1 is 0.516 bits per heavy atom. The van der Waals surface area contributed by atoms with Gasteiger partial charge in [-0.25, -0.2) is 15.0 Å². The van der Waals surface area contributed by atoms with Gasteiger partial charge in [0.2, 0.25) is 0 Å². The summed E-state index contributed by atoms with van der Waals surface area (Å²) in [5.41, 5.74) is 9.00. The van der Waals surface area contributed by atoms with E-state index in [2.05, 4.69) is 189 Å². The summed E-state index contributed by atoms with van der Waals surface area (Å²) in [6, 6.07) is 62.0. The van der Waals surface area contributed by atoms with Crippen molar-refractivity contribution in [2.45, 2.75) is 54.7 Å². The van der Waals surface area contributed by atoms with Crippen molar-refractivity contribution in [3.05, 3.63) is 181 Å². The minimum atomic E-state index is -0.378. The van der Waals surface area contributed by atoms with E-state index >= 15 is 0 Å². The number of benzene rings is 7. The highest BCUT2D eigenvalue weighted by Crippen LogP contribution is 2.59. The second-order valence-electron chi connectivity index (χ2n) is 17.9. The first-order valence-electron chi connectivity index (χ1n) is 22.1. The summed E-state index contributed by atoms with van der Waals surface area (Å²) in [4.78, 5) is 21.2. The molecular weight excluding hydrogens is 793 g/mol. The van der Waals surface area contributed by atoms with Gasteiger partial charge < -0.3 is 4.90 Å². The quantitative estimate of drug-likeness (QED) is 0.167. The number of aromatic nitrogens is 3. The van der Waals surface area contributed by atoms with Gasteiger partial charge >= 0.3 is 0 Å². The van der Waals surface area contributed by atoms with Crippen LogP contribution in [0.5, 0.6) is 0 Å². The van der Waals surface area contributed by atoms with E-state index in [-0.39, 0.29) is 5.41 Å². The SMILES string of the molecule is CC1CC2CC(C)C(c3ccc(N4c5ccccc5Sc5cc(-c6ccc7sc8ccccc8c7c6)ccc54)cc3)(c3nc(-c4ccccc4)nc(-c4ccccc4)n3)C(C1)C2. The number of nitrogens with zero attached hydrogens (tertiary/aromatic N) is 4. The molecule has 0 amide bonds. The van der Waals surface area contributed by atoms with E-state index in [1.54, 1.807) is 0 Å². The monoisotopic (exact) mass is 838 g/mol. The molecule has 2 aromatic heterocycles. The largest absolute Gasteiger partial charge is 0.308 e. The lowest BCUT2D eigenvalue weighted by atomic mass is 9.50. The Morgan fingerprint density at radius 3 is 1.94 bits per heavy atom. The first kappa shape index (κ1) is 37.7. The molecule has 2 aliphatic carbocycles. The number of hydrogen-bond donors (Lipinski definition) is 0. The molecule has 2 saturated carbocycles. The molecule has 0 saturated heterocycles. The van der Waals surface area contributed by atoms with Crippen LogP contribution in [-0.2, 0) is 5.41 Å². The van der Waals surface area contributed by atoms with Crippen molar-refractivity contribution in [2.24, 2.45) is 23.7 Å². The van der Waals surface area contributed by atoms with Gasteiger partial charge in [-0.05, 0) is 121 Å². The van der Waals surface area contributed by atoms with Gasteiger partial charge in [-0.1, -0.05) is 141 Å². The lowest BCUT2D eigenvalue weighted by Gasteiger charge is -2.54. The molecule has 12 rings (SSSR count). The lowest BCUT2D eigenvalue weighted by molar-refractivity contribution is 0.0354. The van der Waals surface area contributed by atoms with Gasteiger partial charge in [0.25, 0.3) is 0 Å². The van der Waals surface area contributed by atoms with Crippen molar-refractivity contribution in [1.29, 1.82) is 0 Å². The zero-order valence-corrected chi connectivity index (χ0v) is 36.5. The molecule has 0 radical (unpaired) electrons. The first-order chi connectivity index (χ1) is 30.5. The maximum absolute atomic E-state index is 5.52. The van der Waals surface area contributed by atoms with E-state index in [4.69, 9.17) is 15.0 Å². The van der Waals surface area contributed by atoms with Gasteiger partial charge in [0.1, 0.15) is 5.82 Å². The molecule has 5 unspecified atom stereocenters. The molecule has 0 spiro atoms. The van der Waals surface area contributed by atoms with Crippen LogP contribution in [0.2, 0.25) is 0 Å². The van der Waals surface area contributed by atoms with E-state index in [9.17, 15) is 0 Å². The smallest absolute Gasteiger partial charge is 0.163 e. The summed E-state index contributed by atoms with van der Waals surface area (Å²) < 4.78 is 2.67. The predicted octanol–water partition coefficient (Wildman–Crippen LogP) is 15.6. The Kier molecular flexibility index (Phi) is 9.16. The fraction of sp³-hybridized carbons (Fsp3) is 0.196. The Labute approximate surface area is 371 Å². The highest BCUT2D eigenvalue weighted by molar-refractivity contribution is 7.99. The van der Waals surface area contributed by atoms with Crippen LogP contribution in [0.1, 0.15) is 50.9 Å². The molecule has 7 aromatic carbocycles. The molecule has 302 valence electrons. The molecule has 0 N–H and O–H groups in total. The van der Waals surface area contributed by atoms with Gasteiger partial charge in [0, 0.05) is 46.8 Å². The number of anilines is 3. The molecule has 3 heterocycles. The van der Waals surface area contributed by atoms with E-state index in [0.717, 1.165) is 53.0 Å². The maximum Gasteiger partial charge on any atom is 0.163 e. The second kappa shape index (κ2) is 15.1. The second-order valence-corrected chi connectivity index (χ2v) is 20.0. The van der Waals surface area contributed by atoms with E-state index in [1.165, 1.54) is 70.9 Å². The van der Waals surface area contributed by atoms with Crippen molar-refractivity contribution >= 4 is 60.3 Å². The minimum Gasteiger partial charge on any atom is -0.308 e. The van der Waals surface area contributed by atoms with Crippen LogP contribution in [0.3, 0.4) is 0 Å². The molecule has 9 aromatic rings. The Balaban J connectivity index is 0.987. The van der Waals surface area contributed by atoms with Crippen molar-refractivity contribution in [3.8, 4) is 33.9 Å². The fourth-order valence-electron chi connectivity index (χ4n) is 11.5. The van der Waals surface area contributed by atoms with E-state index in [0.29, 0.717) is 17.8 Å². The third kappa shape index (κ3) is 6.21. The Morgan fingerprint density at radius 2 is 1.16 bits per heavy atom. The zero-order valence-electron chi connectivity index (χ0n) is 34.9. The van der Waals surface area contributed by atoms with E-state index < -0.39 is 0 Å². The van der Waals surface area contributed by atoms with Gasteiger partial charge in [0.15, 0.2) is 11.6 Å². The Hall–Kier alpha value is -6.08. The van der Waals surface area contributed by atoms with Gasteiger partial charge in [-0.15, -0.1) is 11.3 Å². The van der Waals surface area contributed by atoms with Crippen LogP contribution in [0.25, 0.3) is 54.1 Å². The van der Waals surface area contributed by atoms with Gasteiger partial charge in [-0.2, -0.15) is 0 Å². The number of rotatable bonds is 6. The number of para-hydroxylation sites is 1. The molecule has 1 aliphatic heterocycles. The Bertz CT molecular complexity index is 3060. The maximum atomic E-state index is 5.52. The molecular formula is C56H46N4S2. The first-order valence-corrected chi connectivity index (χ1v) is 23.7. The van der Waals surface area contributed by atoms with Crippen LogP contribution < -0.4 is 4.90 Å². The topological polar surface area (TPSA) is 41.9 Å². The normalized spacial score (nSPS) is 21.7. The van der Waals surface area contributed by atoms with Crippen LogP contribution in [0.4, 0.5) is 17.1 Å². The summed E-state index contributed by atoms with van der Waals surface area (Å²) in [5, 5.41) is 2.66. The molecule has 62 heavy (non-hydrogen) atoms. The third-order valence-electron chi connectivity index (χ3n) is 14.1. The summed E-state index contributed by atoms with van der Waals surface area (Å²) in [6.45, 7) is 4.93. The van der Waals surface area contributed by atoms with Crippen molar-refractivity contribution in [1.82, 2.24) is 15.0 Å². The number of fused-ring (bicyclic) bond motifs is 7. The predicted molar refractivity (Wildman–Crippen MR) is 259 cm³/mol. The zero-order chi connectivity index (χ0) is 41.4. The number of thiophene rings is 1. The van der Waals surface area contributed by atoms with Crippen molar-refractivity contribution < 1.29 is 0 Å². The molecule has 4 nitrogen and oxygen atoms in total. The highest BCUT2D eigenvalue weighted by atomic mass is 32.2. The van der Waals surface area contributed by atoms with Crippen LogP contribution >= 0.6 is 23.1 Å². The summed E-state index contributed by atoms with van der Waals surface area (Å²) in [6.07, 6.45) is 4.84.